The van der Waals surface area contributed by atoms with Crippen LogP contribution in [-0.4, -0.2) is 9.78 Å². The fourth-order valence-electron chi connectivity index (χ4n) is 2.31. The Labute approximate surface area is 126 Å². The summed E-state index contributed by atoms with van der Waals surface area (Å²) in [6.07, 6.45) is 0. The lowest BCUT2D eigenvalue weighted by Gasteiger charge is -2.05. The first kappa shape index (κ1) is 12.9. The van der Waals surface area contributed by atoms with Crippen molar-refractivity contribution >= 4 is 21.7 Å². The van der Waals surface area contributed by atoms with Gasteiger partial charge in [-0.25, -0.2) is 4.68 Å². The van der Waals surface area contributed by atoms with Crippen molar-refractivity contribution < 1.29 is 0 Å². The molecule has 0 unspecified atom stereocenters. The zero-order valence-corrected chi connectivity index (χ0v) is 12.6. The molecule has 1 aromatic heterocycles. The summed E-state index contributed by atoms with van der Waals surface area (Å²) in [7, 11) is 0. The molecule has 4 heteroatoms. The Balaban J connectivity index is 2.17. The maximum atomic E-state index is 6.30. The SMILES string of the molecule is Cc1nn(-c2cccc(Br)c2)c(N)c1-c1ccccc1. The standard InChI is InChI=1S/C16H14BrN3/c1-11-15(12-6-3-2-4-7-12)16(18)20(19-11)14-9-5-8-13(17)10-14/h2-10H,18H2,1H3. The predicted octanol–water partition coefficient (Wildman–Crippen LogP) is 4.19. The molecule has 3 aromatic rings. The van der Waals surface area contributed by atoms with E-state index in [0.29, 0.717) is 5.82 Å². The number of rotatable bonds is 2. The van der Waals surface area contributed by atoms with Crippen LogP contribution >= 0.6 is 15.9 Å². The second kappa shape index (κ2) is 5.13. The van der Waals surface area contributed by atoms with Gasteiger partial charge in [0.2, 0.25) is 0 Å². The highest BCUT2D eigenvalue weighted by Crippen LogP contribution is 2.31. The van der Waals surface area contributed by atoms with E-state index in [1.165, 1.54) is 0 Å². The van der Waals surface area contributed by atoms with E-state index in [1.807, 2.05) is 61.5 Å². The summed E-state index contributed by atoms with van der Waals surface area (Å²) in [5.74, 6) is 0.659. The van der Waals surface area contributed by atoms with Crippen LogP contribution < -0.4 is 5.73 Å². The monoisotopic (exact) mass is 327 g/mol. The van der Waals surface area contributed by atoms with Crippen LogP contribution in [0.2, 0.25) is 0 Å². The van der Waals surface area contributed by atoms with Crippen LogP contribution in [-0.2, 0) is 0 Å². The van der Waals surface area contributed by atoms with Gasteiger partial charge in [0.1, 0.15) is 5.82 Å². The molecule has 0 bridgehead atoms. The number of benzene rings is 2. The lowest BCUT2D eigenvalue weighted by Crippen LogP contribution is -2.02. The van der Waals surface area contributed by atoms with Crippen LogP contribution in [0.5, 0.6) is 0 Å². The number of nitrogens with zero attached hydrogens (tertiary/aromatic N) is 2. The number of nitrogen functional groups attached to an aromatic ring is 1. The third kappa shape index (κ3) is 2.23. The Morgan fingerprint density at radius 2 is 1.80 bits per heavy atom. The van der Waals surface area contributed by atoms with Crippen molar-refractivity contribution in [2.45, 2.75) is 6.92 Å². The highest BCUT2D eigenvalue weighted by Gasteiger charge is 2.15. The molecule has 2 aromatic carbocycles. The summed E-state index contributed by atoms with van der Waals surface area (Å²) < 4.78 is 2.78. The smallest absolute Gasteiger partial charge is 0.135 e. The fraction of sp³-hybridized carbons (Fsp3) is 0.0625. The zero-order valence-electron chi connectivity index (χ0n) is 11.0. The molecule has 0 fully saturated rings. The largest absolute Gasteiger partial charge is 0.383 e. The van der Waals surface area contributed by atoms with Crippen LogP contribution in [0.25, 0.3) is 16.8 Å². The first-order chi connectivity index (χ1) is 9.66. The summed E-state index contributed by atoms with van der Waals surface area (Å²) in [6, 6.07) is 18.0. The third-order valence-corrected chi connectivity index (χ3v) is 3.70. The summed E-state index contributed by atoms with van der Waals surface area (Å²) in [5, 5.41) is 4.57. The van der Waals surface area contributed by atoms with Gasteiger partial charge in [-0.3, -0.25) is 0 Å². The molecular formula is C16H14BrN3. The number of hydrogen-bond acceptors (Lipinski definition) is 2. The van der Waals surface area contributed by atoms with E-state index >= 15 is 0 Å². The average Bonchev–Trinajstić information content (AvgIpc) is 2.75. The van der Waals surface area contributed by atoms with E-state index in [0.717, 1.165) is 27.0 Å². The molecular weight excluding hydrogens is 314 g/mol. The summed E-state index contributed by atoms with van der Waals surface area (Å²) in [6.45, 7) is 1.98. The number of anilines is 1. The normalized spacial score (nSPS) is 10.7. The van der Waals surface area contributed by atoms with E-state index in [4.69, 9.17) is 5.73 Å². The number of hydrogen-bond donors (Lipinski definition) is 1. The lowest BCUT2D eigenvalue weighted by atomic mass is 10.1. The van der Waals surface area contributed by atoms with Gasteiger partial charge in [-0.1, -0.05) is 52.3 Å². The third-order valence-electron chi connectivity index (χ3n) is 3.21. The summed E-state index contributed by atoms with van der Waals surface area (Å²) in [4.78, 5) is 0. The van der Waals surface area contributed by atoms with Crippen LogP contribution in [0.4, 0.5) is 5.82 Å². The van der Waals surface area contributed by atoms with Gasteiger partial charge in [-0.2, -0.15) is 5.10 Å². The van der Waals surface area contributed by atoms with Crippen LogP contribution in [0.15, 0.2) is 59.1 Å². The number of aryl methyl sites for hydroxylation is 1. The highest BCUT2D eigenvalue weighted by atomic mass is 79.9. The Hall–Kier alpha value is -2.07. The average molecular weight is 328 g/mol. The van der Waals surface area contributed by atoms with Gasteiger partial charge < -0.3 is 5.73 Å². The van der Waals surface area contributed by atoms with Crippen molar-refractivity contribution in [3.8, 4) is 16.8 Å². The fourth-order valence-corrected chi connectivity index (χ4v) is 2.70. The van der Waals surface area contributed by atoms with E-state index in [1.54, 1.807) is 4.68 Å². The molecule has 2 N–H and O–H groups in total. The molecule has 0 saturated heterocycles. The quantitative estimate of drug-likeness (QED) is 0.766. The van der Waals surface area contributed by atoms with Crippen LogP contribution in [0.1, 0.15) is 5.69 Å². The molecule has 3 rings (SSSR count). The van der Waals surface area contributed by atoms with Gasteiger partial charge in [0, 0.05) is 10.0 Å². The minimum atomic E-state index is 0.659. The summed E-state index contributed by atoms with van der Waals surface area (Å²) in [5.41, 5.74) is 10.3. The Bertz CT molecular complexity index is 748. The minimum Gasteiger partial charge on any atom is -0.383 e. The molecule has 0 atom stereocenters. The van der Waals surface area contributed by atoms with E-state index in [9.17, 15) is 0 Å². The molecule has 0 aliphatic heterocycles. The number of aromatic nitrogens is 2. The van der Waals surface area contributed by atoms with Gasteiger partial charge in [0.25, 0.3) is 0 Å². The van der Waals surface area contributed by atoms with Crippen LogP contribution in [0, 0.1) is 6.92 Å². The van der Waals surface area contributed by atoms with E-state index < -0.39 is 0 Å². The number of nitrogens with two attached hydrogens (primary N) is 1. The van der Waals surface area contributed by atoms with Gasteiger partial charge >= 0.3 is 0 Å². The highest BCUT2D eigenvalue weighted by molar-refractivity contribution is 9.10. The van der Waals surface area contributed by atoms with Crippen molar-refractivity contribution in [1.82, 2.24) is 9.78 Å². The number of halogens is 1. The maximum Gasteiger partial charge on any atom is 0.135 e. The van der Waals surface area contributed by atoms with Crippen molar-refractivity contribution in [2.75, 3.05) is 5.73 Å². The van der Waals surface area contributed by atoms with Gasteiger partial charge in [-0.05, 0) is 30.7 Å². The van der Waals surface area contributed by atoms with Crippen molar-refractivity contribution in [3.05, 3.63) is 64.8 Å². The second-order valence-corrected chi connectivity index (χ2v) is 5.52. The molecule has 0 amide bonds. The van der Waals surface area contributed by atoms with Crippen molar-refractivity contribution in [1.29, 1.82) is 0 Å². The molecule has 0 saturated carbocycles. The summed E-state index contributed by atoms with van der Waals surface area (Å²) >= 11 is 3.47. The van der Waals surface area contributed by atoms with Gasteiger partial charge in [0.05, 0.1) is 11.4 Å². The minimum absolute atomic E-state index is 0.659. The molecule has 3 nitrogen and oxygen atoms in total. The van der Waals surface area contributed by atoms with Crippen LogP contribution in [0.3, 0.4) is 0 Å². The van der Waals surface area contributed by atoms with E-state index in [2.05, 4.69) is 21.0 Å². The molecule has 0 aliphatic carbocycles. The molecule has 20 heavy (non-hydrogen) atoms. The first-order valence-electron chi connectivity index (χ1n) is 6.33. The Morgan fingerprint density at radius 1 is 1.05 bits per heavy atom. The molecule has 100 valence electrons. The maximum absolute atomic E-state index is 6.30. The zero-order chi connectivity index (χ0) is 14.1. The Morgan fingerprint density at radius 3 is 2.50 bits per heavy atom. The van der Waals surface area contributed by atoms with Crippen molar-refractivity contribution in [3.63, 3.8) is 0 Å². The van der Waals surface area contributed by atoms with E-state index in [-0.39, 0.29) is 0 Å². The molecule has 0 spiro atoms. The molecule has 1 heterocycles. The second-order valence-electron chi connectivity index (χ2n) is 4.60. The Kier molecular flexibility index (Phi) is 3.32. The first-order valence-corrected chi connectivity index (χ1v) is 7.12. The predicted molar refractivity (Wildman–Crippen MR) is 85.8 cm³/mol. The molecule has 0 aliphatic rings. The van der Waals surface area contributed by atoms with Gasteiger partial charge in [-0.15, -0.1) is 0 Å². The lowest BCUT2D eigenvalue weighted by molar-refractivity contribution is 0.871. The topological polar surface area (TPSA) is 43.8 Å². The van der Waals surface area contributed by atoms with Crippen molar-refractivity contribution in [2.24, 2.45) is 0 Å². The van der Waals surface area contributed by atoms with Gasteiger partial charge in [0.15, 0.2) is 0 Å². The molecule has 0 radical (unpaired) electrons.